The fraction of sp³-hybridized carbons (Fsp3) is 0.647. The number of hydrogen-bond donors (Lipinski definition) is 2. The van der Waals surface area contributed by atoms with Crippen molar-refractivity contribution in [2.24, 2.45) is 7.05 Å². The van der Waals surface area contributed by atoms with E-state index >= 15 is 0 Å². The number of amides is 3. The number of carbonyl (C=O) groups is 4. The molecule has 2 aliphatic rings. The number of aliphatic hydroxyl groups excluding tert-OH is 1. The highest BCUT2D eigenvalue weighted by molar-refractivity contribution is 6.02. The van der Waals surface area contributed by atoms with Gasteiger partial charge in [0.25, 0.3) is 11.8 Å². The van der Waals surface area contributed by atoms with Gasteiger partial charge in [0.05, 0.1) is 19.2 Å². The van der Waals surface area contributed by atoms with Crippen molar-refractivity contribution in [3.05, 3.63) is 12.2 Å². The van der Waals surface area contributed by atoms with Gasteiger partial charge in [0, 0.05) is 13.6 Å². The molecule has 11 nitrogen and oxygen atoms in total. The van der Waals surface area contributed by atoms with E-state index in [1.54, 1.807) is 7.05 Å². The normalized spacial score (nSPS) is 23.5. The van der Waals surface area contributed by atoms with Gasteiger partial charge in [-0.05, 0) is 26.7 Å². The van der Waals surface area contributed by atoms with E-state index in [0.717, 1.165) is 0 Å². The summed E-state index contributed by atoms with van der Waals surface area (Å²) in [7, 11) is 1.61. The molecule has 0 bridgehead atoms. The third-order valence-corrected chi connectivity index (χ3v) is 5.35. The fourth-order valence-electron chi connectivity index (χ4n) is 3.91. The average Bonchev–Trinajstić information content (AvgIpc) is 3.25. The zero-order chi connectivity index (χ0) is 20.6. The maximum atomic E-state index is 12.8. The van der Waals surface area contributed by atoms with Crippen molar-refractivity contribution < 1.29 is 24.3 Å². The number of nitrogens with zero attached hydrogens (tertiary/aromatic N) is 5. The Labute approximate surface area is 161 Å². The molecule has 11 heteroatoms. The zero-order valence-corrected chi connectivity index (χ0v) is 16.1. The summed E-state index contributed by atoms with van der Waals surface area (Å²) in [5.74, 6) is -1.40. The molecular formula is C17H24N6O5. The van der Waals surface area contributed by atoms with E-state index < -0.39 is 23.6 Å². The molecule has 3 rings (SSSR count). The fourth-order valence-corrected chi connectivity index (χ4v) is 3.91. The number of aryl methyl sites for hydroxylation is 1. The summed E-state index contributed by atoms with van der Waals surface area (Å²) in [5, 5.41) is 15.9. The quantitative estimate of drug-likeness (QED) is 0.539. The van der Waals surface area contributed by atoms with E-state index in [0.29, 0.717) is 19.4 Å². The molecule has 3 amide bonds. The maximum Gasteiger partial charge on any atom is 0.292 e. The Morgan fingerprint density at radius 1 is 1.39 bits per heavy atom. The van der Waals surface area contributed by atoms with E-state index in [4.69, 9.17) is 0 Å². The second-order valence-corrected chi connectivity index (χ2v) is 7.36. The van der Waals surface area contributed by atoms with Crippen molar-refractivity contribution in [2.45, 2.75) is 44.4 Å². The third-order valence-electron chi connectivity index (χ3n) is 5.35. The first kappa shape index (κ1) is 19.9. The Kier molecular flexibility index (Phi) is 5.20. The molecule has 3 heterocycles. The molecule has 2 N–H and O–H groups in total. The SMILES string of the molecule is CC(=O)C(NC(=O)CN1CC2(CCCN2C(=O)c2ncnn2C)C1=O)C(C)O. The number of Topliss-reactive ketones (excluding diaryl/α,β-unsaturated/α-hetero) is 1. The van der Waals surface area contributed by atoms with Crippen molar-refractivity contribution in [2.75, 3.05) is 19.6 Å². The van der Waals surface area contributed by atoms with Crippen LogP contribution >= 0.6 is 0 Å². The summed E-state index contributed by atoms with van der Waals surface area (Å²) >= 11 is 0. The standard InChI is InChI=1S/C17H24N6O5/c1-10(24)13(11(2)25)20-12(26)7-22-8-17(16(22)28)5-4-6-23(17)15(27)14-18-9-19-21(14)3/h9-10,13,24H,4-8H2,1-3H3,(H,20,26). The summed E-state index contributed by atoms with van der Waals surface area (Å²) in [6, 6.07) is -1.02. The number of carbonyl (C=O) groups excluding carboxylic acids is 4. The number of ketones is 1. The van der Waals surface area contributed by atoms with Crippen LogP contribution in [-0.4, -0.2) is 90.5 Å². The van der Waals surface area contributed by atoms with E-state index in [9.17, 15) is 24.3 Å². The molecule has 0 radical (unpaired) electrons. The molecule has 0 aliphatic carbocycles. The van der Waals surface area contributed by atoms with E-state index in [2.05, 4.69) is 15.4 Å². The van der Waals surface area contributed by atoms with Crippen LogP contribution in [0.1, 0.15) is 37.3 Å². The average molecular weight is 392 g/mol. The first-order valence-electron chi connectivity index (χ1n) is 9.10. The van der Waals surface area contributed by atoms with Gasteiger partial charge in [0.15, 0.2) is 5.78 Å². The summed E-state index contributed by atoms with van der Waals surface area (Å²) < 4.78 is 1.36. The van der Waals surface area contributed by atoms with Gasteiger partial charge in [0.2, 0.25) is 11.7 Å². The smallest absolute Gasteiger partial charge is 0.292 e. The van der Waals surface area contributed by atoms with E-state index in [1.807, 2.05) is 0 Å². The predicted octanol–water partition coefficient (Wildman–Crippen LogP) is -1.91. The van der Waals surface area contributed by atoms with Crippen LogP contribution in [0.4, 0.5) is 0 Å². The monoisotopic (exact) mass is 392 g/mol. The van der Waals surface area contributed by atoms with Crippen LogP contribution in [-0.2, 0) is 21.4 Å². The molecule has 152 valence electrons. The van der Waals surface area contributed by atoms with E-state index in [1.165, 1.54) is 34.7 Å². The van der Waals surface area contributed by atoms with Gasteiger partial charge in [-0.1, -0.05) is 0 Å². The Morgan fingerprint density at radius 3 is 2.64 bits per heavy atom. The molecule has 3 unspecified atom stereocenters. The molecule has 2 fully saturated rings. The van der Waals surface area contributed by atoms with Gasteiger partial charge in [-0.2, -0.15) is 5.10 Å². The molecule has 0 aromatic carbocycles. The number of aromatic nitrogens is 3. The Bertz CT molecular complexity index is 821. The Hall–Kier alpha value is -2.82. The molecule has 0 saturated carbocycles. The van der Waals surface area contributed by atoms with Crippen LogP contribution in [0.3, 0.4) is 0 Å². The lowest BCUT2D eigenvalue weighted by Crippen LogP contribution is -2.73. The second-order valence-electron chi connectivity index (χ2n) is 7.36. The topological polar surface area (TPSA) is 138 Å². The van der Waals surface area contributed by atoms with Crippen LogP contribution in [0.2, 0.25) is 0 Å². The number of aliphatic hydroxyl groups is 1. The van der Waals surface area contributed by atoms with Crippen molar-refractivity contribution >= 4 is 23.5 Å². The highest BCUT2D eigenvalue weighted by Crippen LogP contribution is 2.39. The summed E-state index contributed by atoms with van der Waals surface area (Å²) in [5.41, 5.74) is -0.951. The van der Waals surface area contributed by atoms with Gasteiger partial charge < -0.3 is 20.2 Å². The van der Waals surface area contributed by atoms with Crippen LogP contribution in [0.5, 0.6) is 0 Å². The van der Waals surface area contributed by atoms with Crippen LogP contribution in [0.25, 0.3) is 0 Å². The minimum Gasteiger partial charge on any atom is -0.391 e. The van der Waals surface area contributed by atoms with Gasteiger partial charge >= 0.3 is 0 Å². The number of hydrogen-bond acceptors (Lipinski definition) is 7. The third kappa shape index (κ3) is 3.26. The minimum atomic E-state index is -1.03. The molecule has 1 aromatic rings. The van der Waals surface area contributed by atoms with Crippen molar-refractivity contribution in [3.63, 3.8) is 0 Å². The summed E-state index contributed by atoms with van der Waals surface area (Å²) in [4.78, 5) is 56.1. The van der Waals surface area contributed by atoms with Gasteiger partial charge in [-0.15, -0.1) is 0 Å². The zero-order valence-electron chi connectivity index (χ0n) is 16.1. The number of nitrogens with one attached hydrogen (secondary N) is 1. The van der Waals surface area contributed by atoms with Crippen LogP contribution in [0.15, 0.2) is 6.33 Å². The van der Waals surface area contributed by atoms with Crippen LogP contribution < -0.4 is 5.32 Å². The van der Waals surface area contributed by atoms with E-state index in [-0.39, 0.29) is 36.5 Å². The number of β-lactam (4-membered cyclic amide) rings is 1. The molecular weight excluding hydrogens is 368 g/mol. The molecule has 1 aromatic heterocycles. The molecule has 2 aliphatic heterocycles. The molecule has 2 saturated heterocycles. The Balaban J connectivity index is 1.65. The molecule has 1 spiro atoms. The van der Waals surface area contributed by atoms with Crippen LogP contribution in [0, 0.1) is 0 Å². The van der Waals surface area contributed by atoms with Gasteiger partial charge in [-0.3, -0.25) is 19.2 Å². The molecule has 3 atom stereocenters. The minimum absolute atomic E-state index is 0.159. The molecule has 28 heavy (non-hydrogen) atoms. The van der Waals surface area contributed by atoms with Crippen molar-refractivity contribution in [1.82, 2.24) is 29.9 Å². The lowest BCUT2D eigenvalue weighted by molar-refractivity contribution is -0.161. The lowest BCUT2D eigenvalue weighted by Gasteiger charge is -2.50. The number of likely N-dealkylation sites (tertiary alicyclic amines) is 2. The van der Waals surface area contributed by atoms with Crippen molar-refractivity contribution in [3.8, 4) is 0 Å². The highest BCUT2D eigenvalue weighted by atomic mass is 16.3. The summed E-state index contributed by atoms with van der Waals surface area (Å²) in [6.45, 7) is 3.12. The number of rotatable bonds is 6. The summed E-state index contributed by atoms with van der Waals surface area (Å²) in [6.07, 6.45) is 1.46. The lowest BCUT2D eigenvalue weighted by atomic mass is 9.85. The predicted molar refractivity (Wildman–Crippen MR) is 94.9 cm³/mol. The Morgan fingerprint density at radius 2 is 2.11 bits per heavy atom. The van der Waals surface area contributed by atoms with Gasteiger partial charge in [0.1, 0.15) is 17.9 Å². The van der Waals surface area contributed by atoms with Gasteiger partial charge in [-0.25, -0.2) is 9.67 Å². The first-order valence-corrected chi connectivity index (χ1v) is 9.10. The highest BCUT2D eigenvalue weighted by Gasteiger charge is 2.60. The largest absolute Gasteiger partial charge is 0.391 e. The first-order chi connectivity index (χ1) is 13.2. The van der Waals surface area contributed by atoms with Crippen molar-refractivity contribution in [1.29, 1.82) is 0 Å². The second kappa shape index (κ2) is 7.30. The maximum absolute atomic E-state index is 12.8.